The summed E-state index contributed by atoms with van der Waals surface area (Å²) in [4.78, 5) is 22.1. The van der Waals surface area contributed by atoms with Crippen LogP contribution < -0.4 is 10.0 Å². The fourth-order valence-corrected chi connectivity index (χ4v) is 3.56. The molecule has 0 aromatic heterocycles. The summed E-state index contributed by atoms with van der Waals surface area (Å²) in [5.41, 5.74) is 1.80. The van der Waals surface area contributed by atoms with Gasteiger partial charge in [-0.25, -0.2) is 8.42 Å². The van der Waals surface area contributed by atoms with Gasteiger partial charge in [-0.15, -0.1) is 0 Å². The summed E-state index contributed by atoms with van der Waals surface area (Å²) in [6.07, 6.45) is -0.0593. The van der Waals surface area contributed by atoms with Crippen molar-refractivity contribution in [2.45, 2.75) is 24.3 Å². The molecule has 3 N–H and O–H groups in total. The van der Waals surface area contributed by atoms with E-state index >= 15 is 0 Å². The normalized spacial score (nSPS) is 12.3. The van der Waals surface area contributed by atoms with E-state index in [1.165, 1.54) is 19.1 Å². The second-order valence-electron chi connectivity index (χ2n) is 5.67. The van der Waals surface area contributed by atoms with E-state index in [9.17, 15) is 23.1 Å². The zero-order valence-electron chi connectivity index (χ0n) is 14.2. The van der Waals surface area contributed by atoms with Crippen LogP contribution >= 0.6 is 0 Å². The van der Waals surface area contributed by atoms with Gasteiger partial charge in [-0.3, -0.25) is 9.59 Å². The van der Waals surface area contributed by atoms with Gasteiger partial charge in [-0.2, -0.15) is 4.72 Å². The summed E-state index contributed by atoms with van der Waals surface area (Å²) < 4.78 is 27.0. The Morgan fingerprint density at radius 2 is 1.58 bits per heavy atom. The molecule has 2 rings (SSSR count). The van der Waals surface area contributed by atoms with E-state index in [-0.39, 0.29) is 23.8 Å². The lowest BCUT2D eigenvalue weighted by molar-refractivity contribution is -0.139. The molecule has 2 aromatic rings. The van der Waals surface area contributed by atoms with Gasteiger partial charge >= 0.3 is 5.97 Å². The Labute approximate surface area is 152 Å². The molecular formula is C18H20N2O5S. The highest BCUT2D eigenvalue weighted by Crippen LogP contribution is 2.21. The third-order valence-corrected chi connectivity index (χ3v) is 5.16. The number of amides is 1. The first-order valence-electron chi connectivity index (χ1n) is 7.94. The lowest BCUT2D eigenvalue weighted by atomic mass is 10.1. The van der Waals surface area contributed by atoms with E-state index in [1.54, 1.807) is 12.1 Å². The maximum absolute atomic E-state index is 12.4. The standard InChI is InChI=1S/C18H20N2O5S/c1-13(21)19-12-11-17(18(22)23)20-26(24,25)16-9-7-15(8-10-16)14-5-3-2-4-6-14/h2-10,17,20H,11-12H2,1H3,(H,19,21)(H,22,23)/t17-/m1/s1. The van der Waals surface area contributed by atoms with Gasteiger partial charge in [-0.1, -0.05) is 42.5 Å². The van der Waals surface area contributed by atoms with Crippen LogP contribution in [0.5, 0.6) is 0 Å². The number of carboxylic acid groups (broad SMARTS) is 1. The van der Waals surface area contributed by atoms with E-state index in [0.29, 0.717) is 0 Å². The summed E-state index contributed by atoms with van der Waals surface area (Å²) in [5, 5.41) is 11.6. The van der Waals surface area contributed by atoms with Crippen LogP contribution in [0.1, 0.15) is 13.3 Å². The van der Waals surface area contributed by atoms with Crippen LogP contribution in [-0.2, 0) is 19.6 Å². The first-order chi connectivity index (χ1) is 12.3. The van der Waals surface area contributed by atoms with Gasteiger partial charge in [0, 0.05) is 13.5 Å². The van der Waals surface area contributed by atoms with Crippen LogP contribution in [0.25, 0.3) is 11.1 Å². The molecule has 2 aromatic carbocycles. The molecule has 0 aliphatic rings. The lowest BCUT2D eigenvalue weighted by Crippen LogP contribution is -2.42. The van der Waals surface area contributed by atoms with E-state index in [2.05, 4.69) is 10.0 Å². The van der Waals surface area contributed by atoms with Crippen molar-refractivity contribution in [3.8, 4) is 11.1 Å². The van der Waals surface area contributed by atoms with Crippen molar-refractivity contribution >= 4 is 21.9 Å². The number of rotatable bonds is 8. The number of aliphatic carboxylic acids is 1. The van der Waals surface area contributed by atoms with Crippen molar-refractivity contribution in [2.24, 2.45) is 0 Å². The van der Waals surface area contributed by atoms with Crippen molar-refractivity contribution in [1.82, 2.24) is 10.0 Å². The fraction of sp³-hybridized carbons (Fsp3) is 0.222. The fourth-order valence-electron chi connectivity index (χ4n) is 2.34. The molecule has 0 bridgehead atoms. The number of benzene rings is 2. The summed E-state index contributed by atoms with van der Waals surface area (Å²) >= 11 is 0. The number of nitrogens with one attached hydrogen (secondary N) is 2. The number of sulfonamides is 1. The smallest absolute Gasteiger partial charge is 0.321 e. The second kappa shape index (κ2) is 8.59. The minimum Gasteiger partial charge on any atom is -0.480 e. The van der Waals surface area contributed by atoms with Gasteiger partial charge in [0.15, 0.2) is 0 Å². The molecular weight excluding hydrogens is 356 g/mol. The van der Waals surface area contributed by atoms with Crippen LogP contribution in [0.3, 0.4) is 0 Å². The van der Waals surface area contributed by atoms with Crippen molar-refractivity contribution < 1.29 is 23.1 Å². The molecule has 0 heterocycles. The summed E-state index contributed by atoms with van der Waals surface area (Å²) in [6, 6.07) is 14.3. The highest BCUT2D eigenvalue weighted by atomic mass is 32.2. The molecule has 0 saturated carbocycles. The van der Waals surface area contributed by atoms with Gasteiger partial charge < -0.3 is 10.4 Å². The van der Waals surface area contributed by atoms with E-state index in [4.69, 9.17) is 0 Å². The number of carbonyl (C=O) groups excluding carboxylic acids is 1. The Bertz CT molecular complexity index is 864. The highest BCUT2D eigenvalue weighted by molar-refractivity contribution is 7.89. The summed E-state index contributed by atoms with van der Waals surface area (Å²) in [5.74, 6) is -1.62. The molecule has 0 radical (unpaired) electrons. The third-order valence-electron chi connectivity index (χ3n) is 3.67. The Balaban J connectivity index is 2.12. The van der Waals surface area contributed by atoms with Crippen molar-refractivity contribution in [2.75, 3.05) is 6.54 Å². The topological polar surface area (TPSA) is 113 Å². The summed E-state index contributed by atoms with van der Waals surface area (Å²) in [6.45, 7) is 1.36. The molecule has 0 fully saturated rings. The Kier molecular flexibility index (Phi) is 6.48. The number of hydrogen-bond acceptors (Lipinski definition) is 4. The maximum Gasteiger partial charge on any atom is 0.321 e. The zero-order chi connectivity index (χ0) is 19.2. The number of carbonyl (C=O) groups is 2. The molecule has 26 heavy (non-hydrogen) atoms. The van der Waals surface area contributed by atoms with E-state index in [0.717, 1.165) is 11.1 Å². The van der Waals surface area contributed by atoms with Gasteiger partial charge in [0.25, 0.3) is 0 Å². The number of hydrogen-bond donors (Lipinski definition) is 3. The van der Waals surface area contributed by atoms with E-state index in [1.807, 2.05) is 30.3 Å². The second-order valence-corrected chi connectivity index (χ2v) is 7.39. The minimum atomic E-state index is -4.00. The van der Waals surface area contributed by atoms with Gasteiger partial charge in [0.05, 0.1) is 4.90 Å². The Morgan fingerprint density at radius 1 is 1.00 bits per heavy atom. The third kappa shape index (κ3) is 5.40. The Hall–Kier alpha value is -2.71. The van der Waals surface area contributed by atoms with Gasteiger partial charge in [-0.05, 0) is 29.7 Å². The van der Waals surface area contributed by atoms with Gasteiger partial charge in [0.2, 0.25) is 15.9 Å². The largest absolute Gasteiger partial charge is 0.480 e. The molecule has 1 amide bonds. The van der Waals surface area contributed by atoms with Crippen LogP contribution in [0.2, 0.25) is 0 Å². The molecule has 0 saturated heterocycles. The van der Waals surface area contributed by atoms with Crippen LogP contribution in [0, 0.1) is 0 Å². The molecule has 0 aliphatic carbocycles. The number of carboxylic acids is 1. The Morgan fingerprint density at radius 3 is 2.12 bits per heavy atom. The van der Waals surface area contributed by atoms with Crippen molar-refractivity contribution in [3.05, 3.63) is 54.6 Å². The predicted octanol–water partition coefficient (Wildman–Crippen LogP) is 1.61. The van der Waals surface area contributed by atoms with Crippen LogP contribution in [0.4, 0.5) is 0 Å². The highest BCUT2D eigenvalue weighted by Gasteiger charge is 2.25. The molecule has 0 unspecified atom stereocenters. The van der Waals surface area contributed by atoms with Crippen molar-refractivity contribution in [1.29, 1.82) is 0 Å². The van der Waals surface area contributed by atoms with Crippen molar-refractivity contribution in [3.63, 3.8) is 0 Å². The first-order valence-corrected chi connectivity index (χ1v) is 9.43. The average molecular weight is 376 g/mol. The molecule has 7 nitrogen and oxygen atoms in total. The van der Waals surface area contributed by atoms with Gasteiger partial charge in [0.1, 0.15) is 6.04 Å². The maximum atomic E-state index is 12.4. The van der Waals surface area contributed by atoms with E-state index < -0.39 is 22.0 Å². The monoisotopic (exact) mass is 376 g/mol. The molecule has 0 aliphatic heterocycles. The molecule has 138 valence electrons. The molecule has 8 heteroatoms. The predicted molar refractivity (Wildman–Crippen MR) is 96.9 cm³/mol. The quantitative estimate of drug-likeness (QED) is 0.648. The summed E-state index contributed by atoms with van der Waals surface area (Å²) in [7, 11) is -4.00. The lowest BCUT2D eigenvalue weighted by Gasteiger charge is -2.15. The first kappa shape index (κ1) is 19.6. The van der Waals surface area contributed by atoms with Crippen LogP contribution in [0.15, 0.2) is 59.5 Å². The SMILES string of the molecule is CC(=O)NCC[C@@H](NS(=O)(=O)c1ccc(-c2ccccc2)cc1)C(=O)O. The molecule has 1 atom stereocenters. The van der Waals surface area contributed by atoms with Crippen LogP contribution in [-0.4, -0.2) is 38.0 Å². The molecule has 0 spiro atoms. The zero-order valence-corrected chi connectivity index (χ0v) is 15.0. The minimum absolute atomic E-state index is 0.0250. The average Bonchev–Trinajstić information content (AvgIpc) is 2.61.